The number of benzene rings is 2. The molecule has 34 heavy (non-hydrogen) atoms. The number of para-hydroxylation sites is 1. The van der Waals surface area contributed by atoms with Gasteiger partial charge < -0.3 is 4.65 Å². The van der Waals surface area contributed by atoms with Crippen LogP contribution in [-0.4, -0.2) is 7.05 Å². The molecule has 0 unspecified atom stereocenters. The Balaban J connectivity index is 1.83. The van der Waals surface area contributed by atoms with Crippen molar-refractivity contribution in [1.82, 2.24) is 0 Å². The van der Waals surface area contributed by atoms with E-state index in [1.54, 1.807) is 0 Å². The standard InChI is InChI=1S/C30H38BN2O/c1-28(2,3)21-17-22(29(4,5)6)26(23(18-21)30(7,8)9)31-33-25-15-10-11-16-32(25)19-20-13-12-14-24(34-31)27(20)33/h10-18H,19H2,1-9H3/q+1. The number of rotatable bonds is 1. The van der Waals surface area contributed by atoms with Crippen molar-refractivity contribution < 1.29 is 9.22 Å². The van der Waals surface area contributed by atoms with Crippen molar-refractivity contribution in [2.45, 2.75) is 85.1 Å². The first kappa shape index (κ1) is 23.0. The van der Waals surface area contributed by atoms with Crippen molar-refractivity contribution in [3.8, 4) is 5.75 Å². The van der Waals surface area contributed by atoms with Crippen molar-refractivity contribution in [2.24, 2.45) is 0 Å². The number of pyridine rings is 1. The Kier molecular flexibility index (Phi) is 4.99. The summed E-state index contributed by atoms with van der Waals surface area (Å²) < 4.78 is 9.22. The lowest BCUT2D eigenvalue weighted by Gasteiger charge is -2.34. The molecule has 2 aromatic carbocycles. The smallest absolute Gasteiger partial charge is 0.514 e. The molecule has 3 nitrogen and oxygen atoms in total. The minimum Gasteiger partial charge on any atom is -0.514 e. The van der Waals surface area contributed by atoms with Gasteiger partial charge in [0.2, 0.25) is 0 Å². The second kappa shape index (κ2) is 7.37. The highest BCUT2D eigenvalue weighted by molar-refractivity contribution is 6.75. The summed E-state index contributed by atoms with van der Waals surface area (Å²) in [5, 5.41) is 0. The predicted molar refractivity (Wildman–Crippen MR) is 143 cm³/mol. The maximum Gasteiger partial charge on any atom is 0.648 e. The molecule has 0 aliphatic carbocycles. The quantitative estimate of drug-likeness (QED) is 0.324. The van der Waals surface area contributed by atoms with Crippen LogP contribution in [0.25, 0.3) is 0 Å². The average Bonchev–Trinajstić information content (AvgIpc) is 3.12. The first-order valence-corrected chi connectivity index (χ1v) is 12.5. The van der Waals surface area contributed by atoms with Crippen LogP contribution < -0.4 is 19.5 Å². The summed E-state index contributed by atoms with van der Waals surface area (Å²) in [4.78, 5) is 2.44. The molecular weight excluding hydrogens is 415 g/mol. The highest BCUT2D eigenvalue weighted by Crippen LogP contribution is 2.45. The Bertz CT molecular complexity index is 1240. The molecule has 0 N–H and O–H groups in total. The van der Waals surface area contributed by atoms with E-state index in [1.165, 1.54) is 39.2 Å². The Morgan fingerprint density at radius 2 is 1.44 bits per heavy atom. The summed E-state index contributed by atoms with van der Waals surface area (Å²) in [5.41, 5.74) is 7.99. The van der Waals surface area contributed by atoms with Crippen LogP contribution in [0.4, 0.5) is 11.5 Å². The summed E-state index contributed by atoms with van der Waals surface area (Å²) in [6.07, 6.45) is 2.18. The summed E-state index contributed by atoms with van der Waals surface area (Å²) in [7, 11) is -0.206. The lowest BCUT2D eigenvalue weighted by molar-refractivity contribution is -0.676. The predicted octanol–water partition coefficient (Wildman–Crippen LogP) is 6.15. The van der Waals surface area contributed by atoms with Gasteiger partial charge in [-0.25, -0.2) is 9.38 Å². The zero-order valence-electron chi connectivity index (χ0n) is 22.3. The van der Waals surface area contributed by atoms with E-state index in [4.69, 9.17) is 4.65 Å². The number of hydrogen-bond donors (Lipinski definition) is 0. The van der Waals surface area contributed by atoms with Gasteiger partial charge in [0.25, 0.3) is 5.82 Å². The van der Waals surface area contributed by atoms with Crippen molar-refractivity contribution >= 4 is 24.0 Å². The van der Waals surface area contributed by atoms with E-state index < -0.39 is 0 Å². The third-order valence-electron chi connectivity index (χ3n) is 7.21. The van der Waals surface area contributed by atoms with E-state index in [0.29, 0.717) is 0 Å². The summed E-state index contributed by atoms with van der Waals surface area (Å²) >= 11 is 0. The van der Waals surface area contributed by atoms with Gasteiger partial charge in [-0.05, 0) is 45.1 Å². The Morgan fingerprint density at radius 3 is 2.03 bits per heavy atom. The van der Waals surface area contributed by atoms with Crippen LogP contribution in [0.2, 0.25) is 0 Å². The molecule has 1 aromatic heterocycles. The van der Waals surface area contributed by atoms with Crippen LogP contribution in [0.3, 0.4) is 0 Å². The number of fused-ring (bicyclic) bond motifs is 2. The third kappa shape index (κ3) is 3.63. The monoisotopic (exact) mass is 453 g/mol. The third-order valence-corrected chi connectivity index (χ3v) is 7.21. The molecule has 0 spiro atoms. The van der Waals surface area contributed by atoms with Gasteiger partial charge >= 0.3 is 7.05 Å². The first-order chi connectivity index (χ1) is 15.8. The van der Waals surface area contributed by atoms with E-state index in [1.807, 2.05) is 0 Å². The minimum absolute atomic E-state index is 0.0278. The van der Waals surface area contributed by atoms with Crippen LogP contribution >= 0.6 is 0 Å². The second-order valence-corrected chi connectivity index (χ2v) is 13.0. The normalized spacial score (nSPS) is 15.2. The highest BCUT2D eigenvalue weighted by Gasteiger charge is 2.54. The maximum atomic E-state index is 6.88. The summed E-state index contributed by atoms with van der Waals surface area (Å²) in [6.45, 7) is 21.8. The fourth-order valence-electron chi connectivity index (χ4n) is 5.37. The van der Waals surface area contributed by atoms with Gasteiger partial charge in [-0.3, -0.25) is 0 Å². The zero-order chi connectivity index (χ0) is 24.6. The lowest BCUT2D eigenvalue weighted by Crippen LogP contribution is -2.57. The van der Waals surface area contributed by atoms with Gasteiger partial charge in [0.05, 0.1) is 6.20 Å². The Morgan fingerprint density at radius 1 is 0.794 bits per heavy atom. The molecule has 176 valence electrons. The molecule has 2 aliphatic heterocycles. The highest BCUT2D eigenvalue weighted by atomic mass is 16.5. The summed E-state index contributed by atoms with van der Waals surface area (Å²) in [6, 6.07) is 17.8. The van der Waals surface area contributed by atoms with Crippen molar-refractivity contribution in [2.75, 3.05) is 4.81 Å². The Labute approximate surface area is 205 Å². The van der Waals surface area contributed by atoms with Crippen LogP contribution in [0.1, 0.15) is 84.6 Å². The SMILES string of the molecule is CC(C)(C)c1cc(C(C)(C)C)c(B2Oc3cccc4c3N2c2cccc[n+]2C4)c(C(C)(C)C)c1. The van der Waals surface area contributed by atoms with Crippen LogP contribution in [0.5, 0.6) is 5.75 Å². The average molecular weight is 453 g/mol. The molecule has 3 heterocycles. The number of hydrogen-bond acceptors (Lipinski definition) is 2. The first-order valence-electron chi connectivity index (χ1n) is 12.5. The molecular formula is C30H38BN2O+. The number of nitrogens with zero attached hydrogens (tertiary/aromatic N) is 2. The molecule has 4 heteroatoms. The van der Waals surface area contributed by atoms with Gasteiger partial charge in [0.1, 0.15) is 12.3 Å². The molecule has 3 aromatic rings. The van der Waals surface area contributed by atoms with Crippen molar-refractivity contribution in [1.29, 1.82) is 0 Å². The Hall–Kier alpha value is -2.75. The van der Waals surface area contributed by atoms with Crippen LogP contribution in [0.15, 0.2) is 54.7 Å². The van der Waals surface area contributed by atoms with E-state index in [2.05, 4.69) is 126 Å². The number of anilines is 2. The molecule has 0 amide bonds. The molecule has 0 saturated heterocycles. The largest absolute Gasteiger partial charge is 0.648 e. The van der Waals surface area contributed by atoms with E-state index in [-0.39, 0.29) is 23.3 Å². The fraction of sp³-hybridized carbons (Fsp3) is 0.433. The van der Waals surface area contributed by atoms with E-state index in [9.17, 15) is 0 Å². The fourth-order valence-corrected chi connectivity index (χ4v) is 5.37. The van der Waals surface area contributed by atoms with E-state index >= 15 is 0 Å². The van der Waals surface area contributed by atoms with Gasteiger partial charge in [-0.15, -0.1) is 0 Å². The van der Waals surface area contributed by atoms with Gasteiger partial charge in [0.15, 0.2) is 5.69 Å². The second-order valence-electron chi connectivity index (χ2n) is 13.0. The lowest BCUT2D eigenvalue weighted by atomic mass is 9.58. The molecule has 0 atom stereocenters. The molecule has 0 fully saturated rings. The zero-order valence-corrected chi connectivity index (χ0v) is 22.3. The molecule has 2 aliphatic rings. The van der Waals surface area contributed by atoms with Gasteiger partial charge in [-0.2, -0.15) is 0 Å². The minimum atomic E-state index is -0.206. The van der Waals surface area contributed by atoms with Gasteiger partial charge in [0, 0.05) is 17.1 Å². The van der Waals surface area contributed by atoms with Crippen LogP contribution in [0, 0.1) is 0 Å². The topological polar surface area (TPSA) is 16.4 Å². The van der Waals surface area contributed by atoms with Crippen LogP contribution in [-0.2, 0) is 22.8 Å². The summed E-state index contributed by atoms with van der Waals surface area (Å²) in [5.74, 6) is 2.17. The molecule has 0 saturated carbocycles. The molecule has 0 bridgehead atoms. The maximum absolute atomic E-state index is 6.88. The molecule has 5 rings (SSSR count). The van der Waals surface area contributed by atoms with Gasteiger partial charge in [-0.1, -0.05) is 92.6 Å². The molecule has 0 radical (unpaired) electrons. The number of aromatic nitrogens is 1. The van der Waals surface area contributed by atoms with Crippen molar-refractivity contribution in [3.63, 3.8) is 0 Å². The van der Waals surface area contributed by atoms with Crippen molar-refractivity contribution in [3.05, 3.63) is 77.0 Å². The van der Waals surface area contributed by atoms with E-state index in [0.717, 1.165) is 12.3 Å².